The van der Waals surface area contributed by atoms with Gasteiger partial charge in [0, 0.05) is 10.0 Å². The third-order valence-corrected chi connectivity index (χ3v) is 5.13. The number of aryl methyl sites for hydroxylation is 1. The van der Waals surface area contributed by atoms with Crippen molar-refractivity contribution in [3.05, 3.63) is 63.6 Å². The van der Waals surface area contributed by atoms with E-state index in [2.05, 4.69) is 21.2 Å². The number of nitrogens with one attached hydrogen (secondary N) is 1. The molecule has 5 nitrogen and oxygen atoms in total. The summed E-state index contributed by atoms with van der Waals surface area (Å²) in [4.78, 5) is 12.4. The Labute approximate surface area is 144 Å². The highest BCUT2D eigenvalue weighted by Crippen LogP contribution is 2.23. The van der Waals surface area contributed by atoms with Crippen LogP contribution in [0.2, 0.25) is 0 Å². The Hall–Kier alpha value is -1.70. The second-order valence-corrected chi connectivity index (χ2v) is 7.65. The number of halogens is 1. The van der Waals surface area contributed by atoms with Crippen LogP contribution in [0, 0.1) is 6.92 Å². The van der Waals surface area contributed by atoms with Crippen LogP contribution in [0.4, 0.5) is 0 Å². The maximum atomic E-state index is 12.5. The molecule has 2 aromatic carbocycles. The molecule has 1 unspecified atom stereocenters. The lowest BCUT2D eigenvalue weighted by Gasteiger charge is -2.17. The average Bonchev–Trinajstić information content (AvgIpc) is 2.46. The van der Waals surface area contributed by atoms with Crippen molar-refractivity contribution in [1.29, 1.82) is 0 Å². The summed E-state index contributed by atoms with van der Waals surface area (Å²) in [5, 5.41) is 7.99. The van der Waals surface area contributed by atoms with Gasteiger partial charge in [-0.05, 0) is 43.2 Å². The Morgan fingerprint density at radius 1 is 1.22 bits per heavy atom. The van der Waals surface area contributed by atoms with Gasteiger partial charge in [-0.2, -0.15) is 0 Å². The highest BCUT2D eigenvalue weighted by molar-refractivity contribution is 9.10. The summed E-state index contributed by atoms with van der Waals surface area (Å²) in [6.07, 6.45) is 0. The van der Waals surface area contributed by atoms with E-state index in [0.29, 0.717) is 5.56 Å². The summed E-state index contributed by atoms with van der Waals surface area (Å²) >= 11 is 3.45. The predicted molar refractivity (Wildman–Crippen MR) is 92.6 cm³/mol. The first-order valence-electron chi connectivity index (χ1n) is 6.89. The molecule has 0 radical (unpaired) electrons. The minimum Gasteiger partial charge on any atom is -0.345 e. The molecular formula is C16H17BrN2O3S. The van der Waals surface area contributed by atoms with E-state index in [4.69, 9.17) is 5.14 Å². The zero-order valence-electron chi connectivity index (χ0n) is 12.7. The molecule has 1 atom stereocenters. The van der Waals surface area contributed by atoms with Crippen molar-refractivity contribution < 1.29 is 13.2 Å². The molecule has 2 aromatic rings. The fourth-order valence-electron chi connectivity index (χ4n) is 2.20. The van der Waals surface area contributed by atoms with Crippen LogP contribution in [-0.4, -0.2) is 14.3 Å². The van der Waals surface area contributed by atoms with Gasteiger partial charge in [-0.25, -0.2) is 13.6 Å². The van der Waals surface area contributed by atoms with Gasteiger partial charge in [-0.15, -0.1) is 0 Å². The topological polar surface area (TPSA) is 89.3 Å². The van der Waals surface area contributed by atoms with Gasteiger partial charge in [0.25, 0.3) is 5.91 Å². The van der Waals surface area contributed by atoms with E-state index in [9.17, 15) is 13.2 Å². The van der Waals surface area contributed by atoms with Gasteiger partial charge in [0.2, 0.25) is 10.0 Å². The molecule has 3 N–H and O–H groups in total. The quantitative estimate of drug-likeness (QED) is 0.832. The van der Waals surface area contributed by atoms with Gasteiger partial charge in [-0.1, -0.05) is 40.2 Å². The van der Waals surface area contributed by atoms with Gasteiger partial charge in [0.05, 0.1) is 10.9 Å². The van der Waals surface area contributed by atoms with Crippen molar-refractivity contribution in [2.45, 2.75) is 24.8 Å². The molecule has 0 aliphatic rings. The minimum atomic E-state index is -3.85. The standard InChI is InChI=1S/C16H17BrN2O3S/c1-10-7-8-12(23(18,21)22)9-14(10)16(20)19-11(2)13-5-3-4-6-15(13)17/h3-9,11H,1-2H3,(H,19,20)(H2,18,21,22). The monoisotopic (exact) mass is 396 g/mol. The van der Waals surface area contributed by atoms with Crippen LogP contribution in [0.5, 0.6) is 0 Å². The van der Waals surface area contributed by atoms with Crippen molar-refractivity contribution in [2.75, 3.05) is 0 Å². The van der Waals surface area contributed by atoms with Crippen molar-refractivity contribution in [2.24, 2.45) is 5.14 Å². The minimum absolute atomic E-state index is 0.0817. The second-order valence-electron chi connectivity index (χ2n) is 5.24. The van der Waals surface area contributed by atoms with E-state index >= 15 is 0 Å². The van der Waals surface area contributed by atoms with Crippen LogP contribution in [0.3, 0.4) is 0 Å². The summed E-state index contributed by atoms with van der Waals surface area (Å²) in [7, 11) is -3.85. The lowest BCUT2D eigenvalue weighted by atomic mass is 10.1. The molecule has 7 heteroatoms. The number of carbonyl (C=O) groups is 1. The fraction of sp³-hybridized carbons (Fsp3) is 0.188. The van der Waals surface area contributed by atoms with E-state index < -0.39 is 10.0 Å². The molecule has 23 heavy (non-hydrogen) atoms. The molecule has 0 heterocycles. The lowest BCUT2D eigenvalue weighted by molar-refractivity contribution is 0.0939. The number of rotatable bonds is 4. The van der Waals surface area contributed by atoms with Crippen LogP contribution in [0.1, 0.15) is 34.5 Å². The van der Waals surface area contributed by atoms with Gasteiger partial charge >= 0.3 is 0 Å². The first-order chi connectivity index (χ1) is 10.7. The van der Waals surface area contributed by atoms with E-state index in [1.807, 2.05) is 31.2 Å². The molecule has 122 valence electrons. The van der Waals surface area contributed by atoms with Crippen molar-refractivity contribution in [1.82, 2.24) is 5.32 Å². The van der Waals surface area contributed by atoms with Crippen LogP contribution in [0.15, 0.2) is 51.8 Å². The first kappa shape index (κ1) is 17.7. The Morgan fingerprint density at radius 3 is 2.48 bits per heavy atom. The number of primary sulfonamides is 1. The fourth-order valence-corrected chi connectivity index (χ4v) is 3.37. The van der Waals surface area contributed by atoms with E-state index in [-0.39, 0.29) is 22.4 Å². The third-order valence-electron chi connectivity index (χ3n) is 3.50. The number of hydrogen-bond acceptors (Lipinski definition) is 3. The van der Waals surface area contributed by atoms with Gasteiger partial charge < -0.3 is 5.32 Å². The van der Waals surface area contributed by atoms with Gasteiger partial charge in [-0.3, -0.25) is 4.79 Å². The molecule has 0 fully saturated rings. The lowest BCUT2D eigenvalue weighted by Crippen LogP contribution is -2.28. The second kappa shape index (κ2) is 6.82. The molecular weight excluding hydrogens is 380 g/mol. The molecule has 0 aliphatic carbocycles. The first-order valence-corrected chi connectivity index (χ1v) is 9.23. The van der Waals surface area contributed by atoms with Gasteiger partial charge in [0.1, 0.15) is 0 Å². The normalized spacial score (nSPS) is 12.7. The molecule has 0 aromatic heterocycles. The van der Waals surface area contributed by atoms with E-state index in [1.165, 1.54) is 12.1 Å². The Kier molecular flexibility index (Phi) is 5.23. The zero-order valence-corrected chi connectivity index (χ0v) is 15.1. The molecule has 0 saturated heterocycles. The zero-order chi connectivity index (χ0) is 17.2. The Bertz CT molecular complexity index is 850. The number of sulfonamides is 1. The Balaban J connectivity index is 2.29. The molecule has 2 rings (SSSR count). The predicted octanol–water partition coefficient (Wildman–Crippen LogP) is 2.90. The average molecular weight is 397 g/mol. The molecule has 0 aliphatic heterocycles. The highest BCUT2D eigenvalue weighted by Gasteiger charge is 2.17. The van der Waals surface area contributed by atoms with Crippen LogP contribution < -0.4 is 10.5 Å². The summed E-state index contributed by atoms with van der Waals surface area (Å²) < 4.78 is 23.8. The maximum absolute atomic E-state index is 12.5. The number of benzene rings is 2. The van der Waals surface area contributed by atoms with E-state index in [1.54, 1.807) is 13.0 Å². The number of hydrogen-bond donors (Lipinski definition) is 2. The van der Waals surface area contributed by atoms with Crippen molar-refractivity contribution in [3.63, 3.8) is 0 Å². The van der Waals surface area contributed by atoms with Crippen LogP contribution >= 0.6 is 15.9 Å². The SMILES string of the molecule is Cc1ccc(S(N)(=O)=O)cc1C(=O)NC(C)c1ccccc1Br. The molecule has 0 saturated carbocycles. The maximum Gasteiger partial charge on any atom is 0.252 e. The summed E-state index contributed by atoms with van der Waals surface area (Å²) in [6.45, 7) is 3.60. The summed E-state index contributed by atoms with van der Waals surface area (Å²) in [5.74, 6) is -0.351. The smallest absolute Gasteiger partial charge is 0.252 e. The largest absolute Gasteiger partial charge is 0.345 e. The van der Waals surface area contributed by atoms with Gasteiger partial charge in [0.15, 0.2) is 0 Å². The van der Waals surface area contributed by atoms with Crippen LogP contribution in [-0.2, 0) is 10.0 Å². The van der Waals surface area contributed by atoms with Crippen molar-refractivity contribution >= 4 is 31.9 Å². The number of nitrogens with two attached hydrogens (primary N) is 1. The molecule has 0 bridgehead atoms. The summed E-state index contributed by atoms with van der Waals surface area (Å²) in [5.41, 5.74) is 1.89. The Morgan fingerprint density at radius 2 is 1.87 bits per heavy atom. The van der Waals surface area contributed by atoms with Crippen LogP contribution in [0.25, 0.3) is 0 Å². The third kappa shape index (κ3) is 4.19. The molecule has 0 spiro atoms. The summed E-state index contributed by atoms with van der Waals surface area (Å²) in [6, 6.07) is 11.6. The molecule has 1 amide bonds. The highest BCUT2D eigenvalue weighted by atomic mass is 79.9. The number of amides is 1. The van der Waals surface area contributed by atoms with Crippen molar-refractivity contribution in [3.8, 4) is 0 Å². The number of carbonyl (C=O) groups excluding carboxylic acids is 1. The van der Waals surface area contributed by atoms with E-state index in [0.717, 1.165) is 10.0 Å².